The van der Waals surface area contributed by atoms with Gasteiger partial charge in [0.25, 0.3) is 0 Å². The van der Waals surface area contributed by atoms with E-state index in [1.165, 1.54) is 41.6 Å². The second-order valence-electron chi connectivity index (χ2n) is 5.58. The van der Waals surface area contributed by atoms with Gasteiger partial charge in [-0.25, -0.2) is 0 Å². The van der Waals surface area contributed by atoms with E-state index in [-0.39, 0.29) is 0 Å². The quantitative estimate of drug-likeness (QED) is 0.852. The van der Waals surface area contributed by atoms with Crippen molar-refractivity contribution in [1.29, 1.82) is 0 Å². The molecular formula is C18H21N. The second-order valence-corrected chi connectivity index (χ2v) is 5.58. The van der Waals surface area contributed by atoms with Crippen LogP contribution in [0.15, 0.2) is 36.4 Å². The van der Waals surface area contributed by atoms with E-state index in [9.17, 15) is 0 Å². The SMILES string of the molecule is Cc1cccc(C)c1NCc1ccc2c(c1)CCC2. The Bertz CT molecular complexity index is 578. The largest absolute Gasteiger partial charge is 0.381 e. The molecule has 0 aliphatic heterocycles. The van der Waals surface area contributed by atoms with Gasteiger partial charge in [-0.2, -0.15) is 0 Å². The number of benzene rings is 2. The number of hydrogen-bond donors (Lipinski definition) is 1. The fourth-order valence-electron chi connectivity index (χ4n) is 3.02. The molecule has 0 spiro atoms. The van der Waals surface area contributed by atoms with E-state index in [0.717, 1.165) is 6.54 Å². The molecule has 98 valence electrons. The highest BCUT2D eigenvalue weighted by molar-refractivity contribution is 5.56. The number of aryl methyl sites for hydroxylation is 4. The van der Waals surface area contributed by atoms with Crippen LogP contribution in [-0.4, -0.2) is 0 Å². The van der Waals surface area contributed by atoms with Gasteiger partial charge in [0.2, 0.25) is 0 Å². The van der Waals surface area contributed by atoms with E-state index in [1.54, 1.807) is 11.1 Å². The van der Waals surface area contributed by atoms with Crippen molar-refractivity contribution in [2.45, 2.75) is 39.7 Å². The summed E-state index contributed by atoms with van der Waals surface area (Å²) in [7, 11) is 0. The Morgan fingerprint density at radius 1 is 0.947 bits per heavy atom. The van der Waals surface area contributed by atoms with E-state index < -0.39 is 0 Å². The van der Waals surface area contributed by atoms with Crippen LogP contribution in [0.2, 0.25) is 0 Å². The molecule has 1 nitrogen and oxygen atoms in total. The van der Waals surface area contributed by atoms with Crippen molar-refractivity contribution in [2.75, 3.05) is 5.32 Å². The van der Waals surface area contributed by atoms with Crippen molar-refractivity contribution in [1.82, 2.24) is 0 Å². The highest BCUT2D eigenvalue weighted by atomic mass is 14.9. The summed E-state index contributed by atoms with van der Waals surface area (Å²) in [6, 6.07) is 13.4. The van der Waals surface area contributed by atoms with Crippen LogP contribution >= 0.6 is 0 Å². The first-order valence-corrected chi connectivity index (χ1v) is 7.15. The number of rotatable bonds is 3. The van der Waals surface area contributed by atoms with Crippen molar-refractivity contribution >= 4 is 5.69 Å². The maximum Gasteiger partial charge on any atom is 0.0402 e. The zero-order valence-electron chi connectivity index (χ0n) is 11.8. The van der Waals surface area contributed by atoms with Crippen LogP contribution in [0.4, 0.5) is 5.69 Å². The molecule has 1 heteroatoms. The van der Waals surface area contributed by atoms with E-state index in [2.05, 4.69) is 55.6 Å². The summed E-state index contributed by atoms with van der Waals surface area (Å²) in [5.41, 5.74) is 8.42. The van der Waals surface area contributed by atoms with Crippen molar-refractivity contribution in [3.8, 4) is 0 Å². The molecule has 1 N–H and O–H groups in total. The third kappa shape index (κ3) is 2.51. The van der Waals surface area contributed by atoms with Crippen LogP contribution in [0.1, 0.15) is 34.2 Å². The summed E-state index contributed by atoms with van der Waals surface area (Å²) in [6.07, 6.45) is 3.84. The molecule has 0 saturated carbocycles. The van der Waals surface area contributed by atoms with Gasteiger partial charge in [-0.1, -0.05) is 36.4 Å². The Morgan fingerprint density at radius 2 is 1.68 bits per heavy atom. The molecule has 0 atom stereocenters. The number of hydrogen-bond acceptors (Lipinski definition) is 1. The smallest absolute Gasteiger partial charge is 0.0402 e. The first-order chi connectivity index (χ1) is 9.24. The molecule has 0 fully saturated rings. The molecule has 0 unspecified atom stereocenters. The Balaban J connectivity index is 1.76. The lowest BCUT2D eigenvalue weighted by Gasteiger charge is -2.13. The molecule has 0 bridgehead atoms. The maximum absolute atomic E-state index is 3.59. The zero-order chi connectivity index (χ0) is 13.2. The third-order valence-electron chi connectivity index (χ3n) is 4.11. The summed E-state index contributed by atoms with van der Waals surface area (Å²) in [5, 5.41) is 3.59. The predicted molar refractivity (Wildman–Crippen MR) is 81.7 cm³/mol. The summed E-state index contributed by atoms with van der Waals surface area (Å²) in [5.74, 6) is 0. The summed E-state index contributed by atoms with van der Waals surface area (Å²) in [4.78, 5) is 0. The predicted octanol–water partition coefficient (Wildman–Crippen LogP) is 4.40. The lowest BCUT2D eigenvalue weighted by atomic mass is 10.1. The number of fused-ring (bicyclic) bond motifs is 1. The highest BCUT2D eigenvalue weighted by Gasteiger charge is 2.10. The van der Waals surface area contributed by atoms with Gasteiger partial charge in [-0.05, 0) is 60.9 Å². The van der Waals surface area contributed by atoms with Crippen LogP contribution in [0.5, 0.6) is 0 Å². The molecule has 0 heterocycles. The average Bonchev–Trinajstić information content (AvgIpc) is 2.85. The number of anilines is 1. The van der Waals surface area contributed by atoms with Crippen LogP contribution in [-0.2, 0) is 19.4 Å². The fourth-order valence-corrected chi connectivity index (χ4v) is 3.02. The second kappa shape index (κ2) is 5.08. The summed E-state index contributed by atoms with van der Waals surface area (Å²) in [6.45, 7) is 5.25. The lowest BCUT2D eigenvalue weighted by Crippen LogP contribution is -2.03. The highest BCUT2D eigenvalue weighted by Crippen LogP contribution is 2.24. The van der Waals surface area contributed by atoms with Gasteiger partial charge in [0.15, 0.2) is 0 Å². The molecule has 19 heavy (non-hydrogen) atoms. The van der Waals surface area contributed by atoms with Crippen LogP contribution in [0.3, 0.4) is 0 Å². The number of para-hydroxylation sites is 1. The van der Waals surface area contributed by atoms with Gasteiger partial charge >= 0.3 is 0 Å². The van der Waals surface area contributed by atoms with Gasteiger partial charge in [-0.15, -0.1) is 0 Å². The van der Waals surface area contributed by atoms with Crippen molar-refractivity contribution in [3.63, 3.8) is 0 Å². The van der Waals surface area contributed by atoms with Gasteiger partial charge in [-0.3, -0.25) is 0 Å². The van der Waals surface area contributed by atoms with E-state index in [4.69, 9.17) is 0 Å². The van der Waals surface area contributed by atoms with E-state index >= 15 is 0 Å². The van der Waals surface area contributed by atoms with Crippen molar-refractivity contribution in [2.24, 2.45) is 0 Å². The molecule has 0 saturated heterocycles. The van der Waals surface area contributed by atoms with Crippen molar-refractivity contribution < 1.29 is 0 Å². The summed E-state index contributed by atoms with van der Waals surface area (Å²) < 4.78 is 0. The molecule has 1 aliphatic carbocycles. The lowest BCUT2D eigenvalue weighted by molar-refractivity contribution is 0.911. The molecular weight excluding hydrogens is 230 g/mol. The van der Waals surface area contributed by atoms with Crippen LogP contribution < -0.4 is 5.32 Å². The van der Waals surface area contributed by atoms with Gasteiger partial charge < -0.3 is 5.32 Å². The standard InChI is InChI=1S/C18H21N/c1-13-5-3-6-14(2)18(13)19-12-15-9-10-16-7-4-8-17(16)11-15/h3,5-6,9-11,19H,4,7-8,12H2,1-2H3. The minimum absolute atomic E-state index is 0.916. The van der Waals surface area contributed by atoms with E-state index in [0.29, 0.717) is 0 Å². The molecule has 3 rings (SSSR count). The maximum atomic E-state index is 3.59. The number of nitrogens with one attached hydrogen (secondary N) is 1. The zero-order valence-corrected chi connectivity index (χ0v) is 11.8. The minimum atomic E-state index is 0.916. The molecule has 2 aromatic rings. The topological polar surface area (TPSA) is 12.0 Å². The Morgan fingerprint density at radius 3 is 2.47 bits per heavy atom. The van der Waals surface area contributed by atoms with Gasteiger partial charge in [0.1, 0.15) is 0 Å². The fraction of sp³-hybridized carbons (Fsp3) is 0.333. The summed E-state index contributed by atoms with van der Waals surface area (Å²) >= 11 is 0. The first kappa shape index (κ1) is 12.3. The monoisotopic (exact) mass is 251 g/mol. The Kier molecular flexibility index (Phi) is 3.29. The Labute approximate surface area is 115 Å². The van der Waals surface area contributed by atoms with Gasteiger partial charge in [0, 0.05) is 12.2 Å². The van der Waals surface area contributed by atoms with Gasteiger partial charge in [0.05, 0.1) is 0 Å². The normalized spacial score (nSPS) is 13.4. The molecule has 0 amide bonds. The molecule has 2 aromatic carbocycles. The van der Waals surface area contributed by atoms with Crippen molar-refractivity contribution in [3.05, 3.63) is 64.2 Å². The minimum Gasteiger partial charge on any atom is -0.381 e. The van der Waals surface area contributed by atoms with Crippen LogP contribution in [0.25, 0.3) is 0 Å². The third-order valence-corrected chi connectivity index (χ3v) is 4.11. The average molecular weight is 251 g/mol. The first-order valence-electron chi connectivity index (χ1n) is 7.15. The molecule has 0 radical (unpaired) electrons. The van der Waals surface area contributed by atoms with E-state index in [1.807, 2.05) is 0 Å². The molecule has 1 aliphatic rings. The Hall–Kier alpha value is -1.76. The molecule has 0 aromatic heterocycles. The van der Waals surface area contributed by atoms with Crippen LogP contribution in [0, 0.1) is 13.8 Å².